The zero-order valence-electron chi connectivity index (χ0n) is 12.3. The molecule has 0 radical (unpaired) electrons. The fourth-order valence-corrected chi connectivity index (χ4v) is 2.07. The van der Waals surface area contributed by atoms with Gasteiger partial charge >= 0.3 is 18.7 Å². The van der Waals surface area contributed by atoms with Gasteiger partial charge in [-0.3, -0.25) is 4.90 Å². The fourth-order valence-electron chi connectivity index (χ4n) is 2.07. The van der Waals surface area contributed by atoms with Gasteiger partial charge in [-0.1, -0.05) is 20.8 Å². The molecule has 0 aromatic rings. The molecule has 1 rings (SSSR count). The number of hydrogen-bond donors (Lipinski definition) is 1. The highest BCUT2D eigenvalue weighted by Gasteiger charge is 2.41. The van der Waals surface area contributed by atoms with Crippen LogP contribution in [0, 0.1) is 11.3 Å². The van der Waals surface area contributed by atoms with Crippen LogP contribution in [0.1, 0.15) is 27.2 Å². The molecule has 0 aliphatic carbocycles. The second-order valence-corrected chi connectivity index (χ2v) is 6.31. The summed E-state index contributed by atoms with van der Waals surface area (Å²) >= 11 is 0. The molecule has 0 aromatic carbocycles. The van der Waals surface area contributed by atoms with Gasteiger partial charge in [0.1, 0.15) is 6.04 Å². The topological polar surface area (TPSA) is 76.1 Å². The Morgan fingerprint density at radius 2 is 2.00 bits per heavy atom. The summed E-state index contributed by atoms with van der Waals surface area (Å²) in [7, 11) is 0. The molecule has 2 atom stereocenters. The predicted octanol–water partition coefficient (Wildman–Crippen LogP) is 2.18. The van der Waals surface area contributed by atoms with E-state index in [1.165, 1.54) is 0 Å². The number of amides is 1. The zero-order valence-corrected chi connectivity index (χ0v) is 12.3. The van der Waals surface area contributed by atoms with Crippen LogP contribution in [0.2, 0.25) is 0 Å². The summed E-state index contributed by atoms with van der Waals surface area (Å²) in [6.07, 6.45) is -1.14. The average molecular weight is 309 g/mol. The predicted molar refractivity (Wildman–Crippen MR) is 69.0 cm³/mol. The molecule has 0 saturated carbocycles. The fraction of sp³-hybridized carbons (Fsp3) is 0.846. The highest BCUT2D eigenvalue weighted by atomic mass is 19.3. The summed E-state index contributed by atoms with van der Waals surface area (Å²) in [5.41, 5.74) is -0.236. The van der Waals surface area contributed by atoms with Crippen LogP contribution >= 0.6 is 0 Å². The van der Waals surface area contributed by atoms with Crippen LogP contribution in [0.15, 0.2) is 0 Å². The largest absolute Gasteiger partial charge is 0.465 e. The van der Waals surface area contributed by atoms with Gasteiger partial charge in [-0.2, -0.15) is 8.78 Å². The first-order chi connectivity index (χ1) is 9.60. The molecule has 1 amide bonds. The smallest absolute Gasteiger partial charge is 0.408 e. The quantitative estimate of drug-likeness (QED) is 0.788. The van der Waals surface area contributed by atoms with E-state index in [4.69, 9.17) is 9.84 Å². The van der Waals surface area contributed by atoms with Gasteiger partial charge in [-0.25, -0.2) is 9.59 Å². The molecule has 1 aliphatic rings. The Morgan fingerprint density at radius 3 is 2.48 bits per heavy atom. The number of alkyl halides is 2. The first-order valence-electron chi connectivity index (χ1n) is 6.66. The van der Waals surface area contributed by atoms with Crippen molar-refractivity contribution < 1.29 is 33.0 Å². The van der Waals surface area contributed by atoms with E-state index in [0.717, 1.165) is 4.90 Å². The van der Waals surface area contributed by atoms with Crippen molar-refractivity contribution in [1.29, 1.82) is 0 Å². The number of carbonyl (C=O) groups excluding carboxylic acids is 1. The highest BCUT2D eigenvalue weighted by molar-refractivity contribution is 5.81. The van der Waals surface area contributed by atoms with Crippen LogP contribution in [0.4, 0.5) is 13.6 Å². The van der Waals surface area contributed by atoms with Gasteiger partial charge in [-0.15, -0.1) is 0 Å². The number of carbonyl (C=O) groups is 2. The number of rotatable bonds is 5. The van der Waals surface area contributed by atoms with Crippen LogP contribution in [0.5, 0.6) is 0 Å². The summed E-state index contributed by atoms with van der Waals surface area (Å²) in [5, 5.41) is 9.09. The molecule has 21 heavy (non-hydrogen) atoms. The normalized spacial score (nSPS) is 22.7. The van der Waals surface area contributed by atoms with E-state index in [1.54, 1.807) is 0 Å². The molecular formula is C13H21F2NO5. The Balaban J connectivity index is 2.61. The number of halogens is 2. The highest BCUT2D eigenvalue weighted by Crippen LogP contribution is 2.26. The van der Waals surface area contributed by atoms with Crippen molar-refractivity contribution in [2.75, 3.05) is 19.8 Å². The third-order valence-corrected chi connectivity index (χ3v) is 3.01. The maximum atomic E-state index is 12.0. The van der Waals surface area contributed by atoms with Crippen molar-refractivity contribution in [3.63, 3.8) is 0 Å². The van der Waals surface area contributed by atoms with E-state index in [2.05, 4.69) is 4.74 Å². The van der Waals surface area contributed by atoms with Gasteiger partial charge in [-0.05, 0) is 11.8 Å². The number of carboxylic acid groups (broad SMARTS) is 1. The molecule has 1 fully saturated rings. The minimum atomic E-state index is -2.91. The lowest BCUT2D eigenvalue weighted by Gasteiger charge is -2.23. The lowest BCUT2D eigenvalue weighted by atomic mass is 9.98. The van der Waals surface area contributed by atoms with Crippen LogP contribution in [0.3, 0.4) is 0 Å². The van der Waals surface area contributed by atoms with Crippen LogP contribution in [-0.2, 0) is 14.3 Å². The summed E-state index contributed by atoms with van der Waals surface area (Å²) in [6.45, 7) is 2.58. The van der Waals surface area contributed by atoms with E-state index in [1.807, 2.05) is 20.8 Å². The van der Waals surface area contributed by atoms with Crippen LogP contribution in [-0.4, -0.2) is 54.5 Å². The van der Waals surface area contributed by atoms with Crippen molar-refractivity contribution in [3.8, 4) is 0 Å². The van der Waals surface area contributed by atoms with Crippen molar-refractivity contribution >= 4 is 12.1 Å². The Labute approximate surface area is 122 Å². The molecule has 0 unspecified atom stereocenters. The van der Waals surface area contributed by atoms with Gasteiger partial charge < -0.3 is 14.6 Å². The molecule has 1 heterocycles. The number of likely N-dealkylation sites (tertiary alicyclic amines) is 1. The van der Waals surface area contributed by atoms with E-state index >= 15 is 0 Å². The summed E-state index contributed by atoms with van der Waals surface area (Å²) in [6, 6.07) is -0.962. The average Bonchev–Trinajstić information content (AvgIpc) is 2.77. The lowest BCUT2D eigenvalue weighted by Crippen LogP contribution is -2.41. The SMILES string of the molecule is CC(C)(C)COC(=O)[C@@H]1C[C@H](COC(F)F)CN1C(=O)O. The molecule has 1 saturated heterocycles. The monoisotopic (exact) mass is 309 g/mol. The number of hydrogen-bond acceptors (Lipinski definition) is 4. The van der Waals surface area contributed by atoms with Gasteiger partial charge in [0, 0.05) is 12.5 Å². The second kappa shape index (κ2) is 7.02. The molecule has 1 aliphatic heterocycles. The third kappa shape index (κ3) is 5.82. The first kappa shape index (κ1) is 17.6. The Morgan fingerprint density at radius 1 is 1.38 bits per heavy atom. The summed E-state index contributed by atoms with van der Waals surface area (Å²) < 4.78 is 33.3. The minimum absolute atomic E-state index is 0.0165. The maximum Gasteiger partial charge on any atom is 0.408 e. The summed E-state index contributed by atoms with van der Waals surface area (Å²) in [5.74, 6) is -1.09. The number of esters is 1. The molecule has 1 N–H and O–H groups in total. The van der Waals surface area contributed by atoms with Crippen molar-refractivity contribution in [1.82, 2.24) is 4.90 Å². The molecule has 0 aromatic heterocycles. The van der Waals surface area contributed by atoms with E-state index in [9.17, 15) is 18.4 Å². The van der Waals surface area contributed by atoms with Gasteiger partial charge in [0.2, 0.25) is 0 Å². The van der Waals surface area contributed by atoms with Gasteiger partial charge in [0.05, 0.1) is 13.2 Å². The number of nitrogens with zero attached hydrogens (tertiary/aromatic N) is 1. The Bertz CT molecular complexity index is 383. The molecular weight excluding hydrogens is 288 g/mol. The van der Waals surface area contributed by atoms with Gasteiger partial charge in [0.25, 0.3) is 0 Å². The molecule has 122 valence electrons. The van der Waals surface area contributed by atoms with Crippen molar-refractivity contribution in [2.24, 2.45) is 11.3 Å². The van der Waals surface area contributed by atoms with Gasteiger partial charge in [0.15, 0.2) is 0 Å². The van der Waals surface area contributed by atoms with Crippen molar-refractivity contribution in [2.45, 2.75) is 39.8 Å². The molecule has 8 heteroatoms. The van der Waals surface area contributed by atoms with Crippen molar-refractivity contribution in [3.05, 3.63) is 0 Å². The minimum Gasteiger partial charge on any atom is -0.465 e. The van der Waals surface area contributed by atoms with Crippen LogP contribution in [0.25, 0.3) is 0 Å². The Kier molecular flexibility index (Phi) is 5.88. The lowest BCUT2D eigenvalue weighted by molar-refractivity contribution is -0.151. The van der Waals surface area contributed by atoms with E-state index in [0.29, 0.717) is 0 Å². The summed E-state index contributed by atoms with van der Waals surface area (Å²) in [4.78, 5) is 24.0. The zero-order chi connectivity index (χ0) is 16.2. The first-order valence-corrected chi connectivity index (χ1v) is 6.66. The van der Waals surface area contributed by atoms with E-state index < -0.39 is 30.6 Å². The van der Waals surface area contributed by atoms with Crippen LogP contribution < -0.4 is 0 Å². The third-order valence-electron chi connectivity index (χ3n) is 3.01. The molecule has 0 spiro atoms. The standard InChI is InChI=1S/C13H21F2NO5/c1-13(2,3)7-21-10(17)9-4-8(6-20-11(14)15)5-16(9)12(18)19/h8-9,11H,4-7H2,1-3H3,(H,18,19)/t8-,9-/m0/s1. The maximum absolute atomic E-state index is 12.0. The Hall–Kier alpha value is -1.44. The molecule has 6 nitrogen and oxygen atoms in total. The molecule has 0 bridgehead atoms. The second-order valence-electron chi connectivity index (χ2n) is 6.31. The number of ether oxygens (including phenoxy) is 2. The van der Waals surface area contributed by atoms with E-state index in [-0.39, 0.29) is 31.6 Å².